The van der Waals surface area contributed by atoms with Crippen LogP contribution in [0.4, 0.5) is 0 Å². The van der Waals surface area contributed by atoms with Crippen molar-refractivity contribution in [3.8, 4) is 0 Å². The molecule has 0 aromatic rings. The molecule has 1 fully saturated rings. The van der Waals surface area contributed by atoms with Crippen LogP contribution in [0.15, 0.2) is 0 Å². The molecular formula is C10H21NO2S. The lowest BCUT2D eigenvalue weighted by Gasteiger charge is -2.29. The summed E-state index contributed by atoms with van der Waals surface area (Å²) in [6.45, 7) is 4.40. The normalized spacial score (nSPS) is 30.6. The summed E-state index contributed by atoms with van der Waals surface area (Å²) in [6, 6.07) is 0.638. The number of hydrogen-bond acceptors (Lipinski definition) is 3. The van der Waals surface area contributed by atoms with Crippen LogP contribution in [0, 0.1) is 5.92 Å². The molecule has 1 aliphatic heterocycles. The first-order chi connectivity index (χ1) is 6.63. The second kappa shape index (κ2) is 5.83. The van der Waals surface area contributed by atoms with E-state index in [2.05, 4.69) is 19.2 Å². The standard InChI is InChI=1S/C10H21NO2S/c1-8(2)10(7-12)11-9-3-5-14(13)6-4-9/h8-12H,3-7H2,1-2H3. The van der Waals surface area contributed by atoms with Crippen LogP contribution in [0.25, 0.3) is 0 Å². The number of aliphatic hydroxyl groups excluding tert-OH is 1. The molecule has 0 radical (unpaired) electrons. The third-order valence-corrected chi connectivity index (χ3v) is 4.22. The maximum absolute atomic E-state index is 11.1. The van der Waals surface area contributed by atoms with Crippen molar-refractivity contribution in [2.45, 2.75) is 38.8 Å². The largest absolute Gasteiger partial charge is 0.395 e. The van der Waals surface area contributed by atoms with E-state index >= 15 is 0 Å². The molecule has 0 aliphatic carbocycles. The van der Waals surface area contributed by atoms with E-state index in [0.717, 1.165) is 24.3 Å². The molecule has 84 valence electrons. The monoisotopic (exact) mass is 219 g/mol. The lowest BCUT2D eigenvalue weighted by atomic mass is 10.0. The zero-order valence-electron chi connectivity index (χ0n) is 9.03. The van der Waals surface area contributed by atoms with Crippen molar-refractivity contribution in [2.75, 3.05) is 18.1 Å². The number of nitrogens with one attached hydrogen (secondary N) is 1. The van der Waals surface area contributed by atoms with Gasteiger partial charge in [0.2, 0.25) is 0 Å². The Labute approximate surface area is 88.7 Å². The molecule has 0 bridgehead atoms. The summed E-state index contributed by atoms with van der Waals surface area (Å²) in [7, 11) is -0.591. The Balaban J connectivity index is 2.32. The van der Waals surface area contributed by atoms with Gasteiger partial charge in [-0.15, -0.1) is 0 Å². The smallest absolute Gasteiger partial charge is 0.0587 e. The van der Waals surface area contributed by atoms with Crippen LogP contribution in [0.1, 0.15) is 26.7 Å². The Hall–Kier alpha value is 0.0700. The average Bonchev–Trinajstić information content (AvgIpc) is 2.16. The molecular weight excluding hydrogens is 198 g/mol. The second-order valence-corrected chi connectivity index (χ2v) is 6.02. The SMILES string of the molecule is CC(C)C(CO)NC1CCS(=O)CC1. The molecule has 1 aliphatic rings. The summed E-state index contributed by atoms with van der Waals surface area (Å²) in [4.78, 5) is 0. The zero-order valence-corrected chi connectivity index (χ0v) is 9.85. The van der Waals surface area contributed by atoms with Crippen LogP contribution < -0.4 is 5.32 Å². The molecule has 0 amide bonds. The molecule has 0 aromatic carbocycles. The molecule has 14 heavy (non-hydrogen) atoms. The van der Waals surface area contributed by atoms with E-state index in [-0.39, 0.29) is 12.6 Å². The summed E-state index contributed by atoms with van der Waals surface area (Å²) < 4.78 is 11.1. The molecule has 3 nitrogen and oxygen atoms in total. The topological polar surface area (TPSA) is 49.3 Å². The van der Waals surface area contributed by atoms with Crippen LogP contribution in [-0.2, 0) is 10.8 Å². The molecule has 1 heterocycles. The van der Waals surface area contributed by atoms with Crippen molar-refractivity contribution < 1.29 is 9.32 Å². The van der Waals surface area contributed by atoms with Gasteiger partial charge < -0.3 is 10.4 Å². The van der Waals surface area contributed by atoms with Crippen molar-refractivity contribution in [1.82, 2.24) is 5.32 Å². The summed E-state index contributed by atoms with van der Waals surface area (Å²) in [5, 5.41) is 12.6. The van der Waals surface area contributed by atoms with Crippen LogP contribution in [0.3, 0.4) is 0 Å². The Morgan fingerprint density at radius 1 is 1.43 bits per heavy atom. The molecule has 1 atom stereocenters. The first-order valence-electron chi connectivity index (χ1n) is 5.35. The molecule has 0 saturated carbocycles. The molecule has 1 unspecified atom stereocenters. The Morgan fingerprint density at radius 3 is 2.43 bits per heavy atom. The highest BCUT2D eigenvalue weighted by molar-refractivity contribution is 7.85. The fourth-order valence-corrected chi connectivity index (χ4v) is 3.02. The van der Waals surface area contributed by atoms with Gasteiger partial charge in [-0.2, -0.15) is 0 Å². The van der Waals surface area contributed by atoms with Crippen molar-refractivity contribution in [3.05, 3.63) is 0 Å². The summed E-state index contributed by atoms with van der Waals surface area (Å²) in [5.74, 6) is 2.08. The quantitative estimate of drug-likeness (QED) is 0.724. The Bertz CT molecular complexity index is 187. The predicted octanol–water partition coefficient (Wildman–Crippen LogP) is 0.504. The maximum Gasteiger partial charge on any atom is 0.0587 e. The predicted molar refractivity (Wildman–Crippen MR) is 59.7 cm³/mol. The van der Waals surface area contributed by atoms with E-state index < -0.39 is 10.8 Å². The van der Waals surface area contributed by atoms with Crippen LogP contribution >= 0.6 is 0 Å². The third-order valence-electron chi connectivity index (χ3n) is 2.84. The zero-order chi connectivity index (χ0) is 10.6. The van der Waals surface area contributed by atoms with Crippen molar-refractivity contribution >= 4 is 10.8 Å². The van der Waals surface area contributed by atoms with Gasteiger partial charge in [-0.25, -0.2) is 0 Å². The number of hydrogen-bond donors (Lipinski definition) is 2. The molecule has 1 rings (SSSR count). The third kappa shape index (κ3) is 3.67. The van der Waals surface area contributed by atoms with Gasteiger partial charge in [0, 0.05) is 34.4 Å². The molecule has 0 aromatic heterocycles. The van der Waals surface area contributed by atoms with Crippen LogP contribution in [0.5, 0.6) is 0 Å². The van der Waals surface area contributed by atoms with Gasteiger partial charge in [-0.1, -0.05) is 13.8 Å². The summed E-state index contributed by atoms with van der Waals surface area (Å²) >= 11 is 0. The minimum absolute atomic E-state index is 0.187. The minimum atomic E-state index is -0.591. The van der Waals surface area contributed by atoms with E-state index in [1.165, 1.54) is 0 Å². The number of aliphatic hydroxyl groups is 1. The van der Waals surface area contributed by atoms with Gasteiger partial charge >= 0.3 is 0 Å². The van der Waals surface area contributed by atoms with E-state index in [9.17, 15) is 4.21 Å². The van der Waals surface area contributed by atoms with Gasteiger partial charge in [0.1, 0.15) is 0 Å². The molecule has 0 spiro atoms. The number of rotatable bonds is 4. The first kappa shape index (κ1) is 12.1. The van der Waals surface area contributed by atoms with Gasteiger partial charge in [0.15, 0.2) is 0 Å². The van der Waals surface area contributed by atoms with Crippen molar-refractivity contribution in [2.24, 2.45) is 5.92 Å². The molecule has 2 N–H and O–H groups in total. The van der Waals surface area contributed by atoms with E-state index in [1.54, 1.807) is 0 Å². The Kier molecular flexibility index (Phi) is 5.06. The fourth-order valence-electron chi connectivity index (χ4n) is 1.72. The fraction of sp³-hybridized carbons (Fsp3) is 1.00. The minimum Gasteiger partial charge on any atom is -0.395 e. The highest BCUT2D eigenvalue weighted by atomic mass is 32.2. The van der Waals surface area contributed by atoms with Gasteiger partial charge in [0.25, 0.3) is 0 Å². The van der Waals surface area contributed by atoms with Gasteiger partial charge in [-0.05, 0) is 18.8 Å². The highest BCUT2D eigenvalue weighted by Gasteiger charge is 2.21. The van der Waals surface area contributed by atoms with E-state index in [0.29, 0.717) is 12.0 Å². The first-order valence-corrected chi connectivity index (χ1v) is 6.84. The molecule has 4 heteroatoms. The summed E-state index contributed by atoms with van der Waals surface area (Å²) in [5.41, 5.74) is 0. The van der Waals surface area contributed by atoms with Gasteiger partial charge in [0.05, 0.1) is 6.61 Å². The van der Waals surface area contributed by atoms with Gasteiger partial charge in [-0.3, -0.25) is 4.21 Å². The second-order valence-electron chi connectivity index (χ2n) is 4.32. The average molecular weight is 219 g/mol. The van der Waals surface area contributed by atoms with E-state index in [1.807, 2.05) is 0 Å². The lowest BCUT2D eigenvalue weighted by Crippen LogP contribution is -2.46. The highest BCUT2D eigenvalue weighted by Crippen LogP contribution is 2.12. The van der Waals surface area contributed by atoms with Crippen LogP contribution in [-0.4, -0.2) is 39.5 Å². The Morgan fingerprint density at radius 2 is 2.00 bits per heavy atom. The van der Waals surface area contributed by atoms with Crippen molar-refractivity contribution in [1.29, 1.82) is 0 Å². The molecule has 1 saturated heterocycles. The van der Waals surface area contributed by atoms with Crippen molar-refractivity contribution in [3.63, 3.8) is 0 Å². The summed E-state index contributed by atoms with van der Waals surface area (Å²) in [6.07, 6.45) is 1.96. The maximum atomic E-state index is 11.1. The lowest BCUT2D eigenvalue weighted by molar-refractivity contribution is 0.196. The van der Waals surface area contributed by atoms with Crippen LogP contribution in [0.2, 0.25) is 0 Å². The van der Waals surface area contributed by atoms with E-state index in [4.69, 9.17) is 5.11 Å².